The molecule has 5 rings (SSSR count). The van der Waals surface area contributed by atoms with E-state index < -0.39 is 0 Å². The summed E-state index contributed by atoms with van der Waals surface area (Å²) in [6, 6.07) is 23.1. The van der Waals surface area contributed by atoms with Gasteiger partial charge in [-0.1, -0.05) is 42.5 Å². The van der Waals surface area contributed by atoms with Crippen molar-refractivity contribution in [2.24, 2.45) is 0 Å². The summed E-state index contributed by atoms with van der Waals surface area (Å²) in [5.74, 6) is 1.63. The Balaban J connectivity index is 1.51. The van der Waals surface area contributed by atoms with E-state index in [9.17, 15) is 0 Å². The third-order valence-electron chi connectivity index (χ3n) is 5.19. The summed E-state index contributed by atoms with van der Waals surface area (Å²) in [5.41, 5.74) is 4.56. The van der Waals surface area contributed by atoms with Crippen molar-refractivity contribution >= 4 is 21.6 Å². The normalized spacial score (nSPS) is 14.2. The quantitative estimate of drug-likeness (QED) is 0.460. The fourth-order valence-corrected chi connectivity index (χ4v) is 4.74. The van der Waals surface area contributed by atoms with Crippen LogP contribution in [0.2, 0.25) is 0 Å². The van der Waals surface area contributed by atoms with Crippen LogP contribution in [0.25, 0.3) is 20.8 Å². The molecule has 146 valence electrons. The van der Waals surface area contributed by atoms with Crippen LogP contribution in [0.4, 0.5) is 0 Å². The van der Waals surface area contributed by atoms with Crippen molar-refractivity contribution in [1.29, 1.82) is 0 Å². The monoisotopic (exact) mass is 402 g/mol. The van der Waals surface area contributed by atoms with Gasteiger partial charge in [0.1, 0.15) is 11.6 Å². The molecule has 4 aromatic rings. The van der Waals surface area contributed by atoms with Crippen molar-refractivity contribution in [3.63, 3.8) is 0 Å². The van der Waals surface area contributed by atoms with Crippen LogP contribution in [0.15, 0.2) is 66.7 Å². The van der Waals surface area contributed by atoms with Crippen molar-refractivity contribution in [2.75, 3.05) is 20.3 Å². The van der Waals surface area contributed by atoms with E-state index in [-0.39, 0.29) is 0 Å². The molecule has 0 fully saturated rings. The maximum absolute atomic E-state index is 6.10. The first-order chi connectivity index (χ1) is 14.3. The average molecular weight is 403 g/mol. The zero-order chi connectivity index (χ0) is 19.6. The van der Waals surface area contributed by atoms with Gasteiger partial charge < -0.3 is 9.47 Å². The number of fused-ring (bicyclic) bond motifs is 2. The van der Waals surface area contributed by atoms with Crippen LogP contribution in [-0.4, -0.2) is 30.1 Å². The van der Waals surface area contributed by atoms with E-state index in [4.69, 9.17) is 14.5 Å². The van der Waals surface area contributed by atoms with E-state index in [0.29, 0.717) is 6.61 Å². The molecule has 3 aromatic carbocycles. The lowest BCUT2D eigenvalue weighted by Crippen LogP contribution is -2.25. The van der Waals surface area contributed by atoms with Gasteiger partial charge in [-0.25, -0.2) is 4.98 Å². The van der Waals surface area contributed by atoms with Crippen LogP contribution >= 0.6 is 11.3 Å². The fraction of sp³-hybridized carbons (Fsp3) is 0.208. The van der Waals surface area contributed by atoms with E-state index in [1.165, 1.54) is 10.3 Å². The Labute approximate surface area is 174 Å². The van der Waals surface area contributed by atoms with Gasteiger partial charge in [-0.05, 0) is 29.8 Å². The molecule has 0 N–H and O–H groups in total. The predicted octanol–water partition coefficient (Wildman–Crippen LogP) is 5.37. The van der Waals surface area contributed by atoms with Crippen molar-refractivity contribution in [3.8, 4) is 22.1 Å². The summed E-state index contributed by atoms with van der Waals surface area (Å²) in [4.78, 5) is 7.25. The molecule has 4 nitrogen and oxygen atoms in total. The molecule has 0 unspecified atom stereocenters. The lowest BCUT2D eigenvalue weighted by molar-refractivity contribution is 0.217. The van der Waals surface area contributed by atoms with Crippen LogP contribution in [0.5, 0.6) is 11.5 Å². The Morgan fingerprint density at radius 1 is 1.07 bits per heavy atom. The lowest BCUT2D eigenvalue weighted by Gasteiger charge is -2.19. The largest absolute Gasteiger partial charge is 0.493 e. The Morgan fingerprint density at radius 2 is 1.90 bits per heavy atom. The van der Waals surface area contributed by atoms with Gasteiger partial charge in [-0.3, -0.25) is 4.90 Å². The van der Waals surface area contributed by atoms with Gasteiger partial charge in [0.2, 0.25) is 0 Å². The number of nitrogens with zero attached hydrogens (tertiary/aromatic N) is 2. The minimum atomic E-state index is 0.649. The van der Waals surface area contributed by atoms with Crippen LogP contribution in [0.3, 0.4) is 0 Å². The molecule has 29 heavy (non-hydrogen) atoms. The SMILES string of the molecule is COc1cc(-c2nc3ccccc3s2)cc2c1OCCN(Cc1ccccc1)C2. The van der Waals surface area contributed by atoms with Crippen molar-refractivity contribution < 1.29 is 9.47 Å². The molecule has 0 saturated carbocycles. The van der Waals surface area contributed by atoms with Crippen molar-refractivity contribution in [3.05, 3.63) is 77.9 Å². The first-order valence-corrected chi connectivity index (χ1v) is 10.6. The third-order valence-corrected chi connectivity index (χ3v) is 6.27. The maximum Gasteiger partial charge on any atom is 0.165 e. The molecule has 0 radical (unpaired) electrons. The highest BCUT2D eigenvalue weighted by molar-refractivity contribution is 7.21. The van der Waals surface area contributed by atoms with Gasteiger partial charge in [-0.2, -0.15) is 0 Å². The number of benzene rings is 3. The molecule has 1 aliphatic heterocycles. The first kappa shape index (κ1) is 18.2. The van der Waals surface area contributed by atoms with Gasteiger partial charge in [0.05, 0.1) is 17.3 Å². The number of ether oxygens (including phenoxy) is 2. The van der Waals surface area contributed by atoms with E-state index in [1.807, 2.05) is 12.1 Å². The Kier molecular flexibility index (Phi) is 4.92. The highest BCUT2D eigenvalue weighted by Gasteiger charge is 2.21. The van der Waals surface area contributed by atoms with Gasteiger partial charge in [0.15, 0.2) is 11.5 Å². The molecule has 1 aromatic heterocycles. The van der Waals surface area contributed by atoms with Gasteiger partial charge >= 0.3 is 0 Å². The molecular formula is C24H22N2O2S. The molecule has 0 aliphatic carbocycles. The van der Waals surface area contributed by atoms with Gasteiger partial charge in [-0.15, -0.1) is 11.3 Å². The molecule has 0 saturated heterocycles. The van der Waals surface area contributed by atoms with E-state index in [1.54, 1.807) is 18.4 Å². The van der Waals surface area contributed by atoms with Crippen molar-refractivity contribution in [2.45, 2.75) is 13.1 Å². The molecule has 0 amide bonds. The van der Waals surface area contributed by atoms with Crippen LogP contribution in [0, 0.1) is 0 Å². The van der Waals surface area contributed by atoms with Gasteiger partial charge in [0.25, 0.3) is 0 Å². The Hall–Kier alpha value is -2.89. The lowest BCUT2D eigenvalue weighted by atomic mass is 10.1. The molecule has 1 aliphatic rings. The Bertz CT molecular complexity index is 1110. The summed E-state index contributed by atoms with van der Waals surface area (Å²) in [6.45, 7) is 3.25. The summed E-state index contributed by atoms with van der Waals surface area (Å²) >= 11 is 1.71. The molecule has 5 heteroatoms. The van der Waals surface area contributed by atoms with E-state index in [0.717, 1.165) is 52.8 Å². The second-order valence-corrected chi connectivity index (χ2v) is 8.23. The second-order valence-electron chi connectivity index (χ2n) is 7.20. The van der Waals surface area contributed by atoms with Gasteiger partial charge in [0, 0.05) is 30.8 Å². The first-order valence-electron chi connectivity index (χ1n) is 9.76. The smallest absolute Gasteiger partial charge is 0.165 e. The number of methoxy groups -OCH3 is 1. The molecular weight excluding hydrogens is 380 g/mol. The van der Waals surface area contributed by atoms with Crippen molar-refractivity contribution in [1.82, 2.24) is 9.88 Å². The number of rotatable bonds is 4. The molecule has 0 spiro atoms. The minimum absolute atomic E-state index is 0.649. The fourth-order valence-electron chi connectivity index (χ4n) is 3.79. The zero-order valence-electron chi connectivity index (χ0n) is 16.3. The highest BCUT2D eigenvalue weighted by atomic mass is 32.1. The maximum atomic E-state index is 6.10. The van der Waals surface area contributed by atoms with Crippen LogP contribution in [-0.2, 0) is 13.1 Å². The van der Waals surface area contributed by atoms with Crippen LogP contribution in [0.1, 0.15) is 11.1 Å². The summed E-state index contributed by atoms with van der Waals surface area (Å²) < 4.78 is 13.0. The average Bonchev–Trinajstić information content (AvgIpc) is 3.09. The molecule has 0 atom stereocenters. The summed E-state index contributed by atoms with van der Waals surface area (Å²) in [6.07, 6.45) is 0. The number of hydrogen-bond acceptors (Lipinski definition) is 5. The van der Waals surface area contributed by atoms with E-state index >= 15 is 0 Å². The summed E-state index contributed by atoms with van der Waals surface area (Å²) in [7, 11) is 1.70. The number of para-hydroxylation sites is 1. The minimum Gasteiger partial charge on any atom is -0.493 e. The number of hydrogen-bond donors (Lipinski definition) is 0. The second kappa shape index (κ2) is 7.85. The topological polar surface area (TPSA) is 34.6 Å². The highest BCUT2D eigenvalue weighted by Crippen LogP contribution is 2.40. The third kappa shape index (κ3) is 3.71. The molecule has 2 heterocycles. The molecule has 0 bridgehead atoms. The number of aromatic nitrogens is 1. The van der Waals surface area contributed by atoms with Crippen LogP contribution < -0.4 is 9.47 Å². The standard InChI is InChI=1S/C24H22N2O2S/c1-27-21-14-18(24-25-20-9-5-6-10-22(20)29-24)13-19-16-26(11-12-28-23(19)21)15-17-7-3-2-4-8-17/h2-10,13-14H,11-12,15-16H2,1H3. The van der Waals surface area contributed by atoms with E-state index in [2.05, 4.69) is 59.5 Å². The Morgan fingerprint density at radius 3 is 2.72 bits per heavy atom. The number of thiazole rings is 1. The zero-order valence-corrected chi connectivity index (χ0v) is 17.1. The summed E-state index contributed by atoms with van der Waals surface area (Å²) in [5, 5.41) is 1.01. The predicted molar refractivity (Wildman–Crippen MR) is 118 cm³/mol.